The Hall–Kier alpha value is -2.56. The molecule has 0 heterocycles. The number of phenolic OH excluding ortho intramolecular Hbond substituents is 1. The lowest BCUT2D eigenvalue weighted by Crippen LogP contribution is -2.04. The number of aromatic hydroxyl groups is 1. The number of esters is 2. The third kappa shape index (κ3) is 2.82. The van der Waals surface area contributed by atoms with Gasteiger partial charge in [0.15, 0.2) is 0 Å². The number of rotatable bonds is 2. The molecule has 0 saturated carbocycles. The SMILES string of the molecule is CC(=O)Oc1ccc(OC(C)=O)c2cc(O)ccc12. The minimum Gasteiger partial charge on any atom is -0.508 e. The van der Waals surface area contributed by atoms with Gasteiger partial charge in [-0.3, -0.25) is 9.59 Å². The molecular formula is C14H12O5. The highest BCUT2D eigenvalue weighted by atomic mass is 16.5. The molecule has 0 spiro atoms. The van der Waals surface area contributed by atoms with E-state index in [4.69, 9.17) is 9.47 Å². The summed E-state index contributed by atoms with van der Waals surface area (Å²) in [6.45, 7) is 2.58. The molecule has 0 aromatic heterocycles. The average Bonchev–Trinajstić information content (AvgIpc) is 2.31. The summed E-state index contributed by atoms with van der Waals surface area (Å²) < 4.78 is 10.1. The quantitative estimate of drug-likeness (QED) is 0.663. The normalized spacial score (nSPS) is 10.2. The van der Waals surface area contributed by atoms with Crippen LogP contribution in [0.5, 0.6) is 17.2 Å². The van der Waals surface area contributed by atoms with Crippen molar-refractivity contribution in [3.8, 4) is 17.2 Å². The van der Waals surface area contributed by atoms with Gasteiger partial charge in [-0.25, -0.2) is 0 Å². The molecule has 0 unspecified atom stereocenters. The molecule has 19 heavy (non-hydrogen) atoms. The summed E-state index contributed by atoms with van der Waals surface area (Å²) in [4.78, 5) is 22.1. The second-order valence-electron chi connectivity index (χ2n) is 3.98. The molecule has 5 nitrogen and oxygen atoms in total. The van der Waals surface area contributed by atoms with Crippen LogP contribution in [0.3, 0.4) is 0 Å². The van der Waals surface area contributed by atoms with E-state index in [9.17, 15) is 14.7 Å². The van der Waals surface area contributed by atoms with Crippen molar-refractivity contribution in [1.82, 2.24) is 0 Å². The van der Waals surface area contributed by atoms with Crippen molar-refractivity contribution in [3.05, 3.63) is 30.3 Å². The number of hydrogen-bond donors (Lipinski definition) is 1. The van der Waals surface area contributed by atoms with Crippen LogP contribution >= 0.6 is 0 Å². The van der Waals surface area contributed by atoms with Gasteiger partial charge in [0, 0.05) is 24.6 Å². The second kappa shape index (κ2) is 4.97. The predicted molar refractivity (Wildman–Crippen MR) is 68.2 cm³/mol. The van der Waals surface area contributed by atoms with Crippen molar-refractivity contribution in [1.29, 1.82) is 0 Å². The lowest BCUT2D eigenvalue weighted by Gasteiger charge is -2.10. The van der Waals surface area contributed by atoms with E-state index in [1.54, 1.807) is 12.1 Å². The van der Waals surface area contributed by atoms with Crippen LogP contribution in [0, 0.1) is 0 Å². The first kappa shape index (κ1) is 12.9. The first-order valence-corrected chi connectivity index (χ1v) is 5.60. The highest BCUT2D eigenvalue weighted by molar-refractivity contribution is 5.96. The Morgan fingerprint density at radius 1 is 0.895 bits per heavy atom. The van der Waals surface area contributed by atoms with Gasteiger partial charge in [-0.05, 0) is 30.3 Å². The van der Waals surface area contributed by atoms with Crippen LogP contribution in [0.25, 0.3) is 10.8 Å². The molecule has 1 N–H and O–H groups in total. The van der Waals surface area contributed by atoms with Gasteiger partial charge >= 0.3 is 11.9 Å². The number of benzene rings is 2. The van der Waals surface area contributed by atoms with E-state index < -0.39 is 11.9 Å². The highest BCUT2D eigenvalue weighted by Gasteiger charge is 2.11. The summed E-state index contributed by atoms with van der Waals surface area (Å²) >= 11 is 0. The molecule has 2 rings (SSSR count). The number of ether oxygens (including phenoxy) is 2. The monoisotopic (exact) mass is 260 g/mol. The number of hydrogen-bond acceptors (Lipinski definition) is 5. The summed E-state index contributed by atoms with van der Waals surface area (Å²) in [6.07, 6.45) is 0. The predicted octanol–water partition coefficient (Wildman–Crippen LogP) is 2.40. The van der Waals surface area contributed by atoms with Crippen LogP contribution in [-0.2, 0) is 9.59 Å². The Bertz CT molecular complexity index is 660. The van der Waals surface area contributed by atoms with E-state index in [2.05, 4.69) is 0 Å². The van der Waals surface area contributed by atoms with Crippen LogP contribution in [0.1, 0.15) is 13.8 Å². The van der Waals surface area contributed by atoms with Crippen LogP contribution in [-0.4, -0.2) is 17.0 Å². The van der Waals surface area contributed by atoms with Crippen LogP contribution < -0.4 is 9.47 Å². The van der Waals surface area contributed by atoms with Crippen molar-refractivity contribution >= 4 is 22.7 Å². The molecule has 98 valence electrons. The molecule has 2 aromatic carbocycles. The Morgan fingerprint density at radius 2 is 1.42 bits per heavy atom. The number of fused-ring (bicyclic) bond motifs is 1. The third-order valence-corrected chi connectivity index (χ3v) is 2.43. The lowest BCUT2D eigenvalue weighted by atomic mass is 10.1. The van der Waals surface area contributed by atoms with Crippen molar-refractivity contribution in [3.63, 3.8) is 0 Å². The molecule has 0 aliphatic carbocycles. The van der Waals surface area contributed by atoms with E-state index in [1.165, 1.54) is 32.0 Å². The summed E-state index contributed by atoms with van der Waals surface area (Å²) in [5.41, 5.74) is 0. The topological polar surface area (TPSA) is 72.8 Å². The van der Waals surface area contributed by atoms with E-state index in [-0.39, 0.29) is 5.75 Å². The fourth-order valence-electron chi connectivity index (χ4n) is 1.77. The minimum absolute atomic E-state index is 0.0286. The first-order valence-electron chi connectivity index (χ1n) is 5.60. The largest absolute Gasteiger partial charge is 0.508 e. The molecule has 0 aliphatic rings. The van der Waals surface area contributed by atoms with Crippen LogP contribution in [0.4, 0.5) is 0 Å². The maximum atomic E-state index is 11.0. The molecule has 0 bridgehead atoms. The zero-order valence-corrected chi connectivity index (χ0v) is 10.5. The van der Waals surface area contributed by atoms with Gasteiger partial charge < -0.3 is 14.6 Å². The lowest BCUT2D eigenvalue weighted by molar-refractivity contribution is -0.132. The summed E-state index contributed by atoms with van der Waals surface area (Å²) in [5, 5.41) is 10.6. The van der Waals surface area contributed by atoms with Gasteiger partial charge in [-0.15, -0.1) is 0 Å². The molecule has 0 radical (unpaired) electrons. The smallest absolute Gasteiger partial charge is 0.308 e. The van der Waals surface area contributed by atoms with Crippen LogP contribution in [0.15, 0.2) is 30.3 Å². The Kier molecular flexibility index (Phi) is 3.37. The van der Waals surface area contributed by atoms with Crippen molar-refractivity contribution < 1.29 is 24.2 Å². The van der Waals surface area contributed by atoms with Gasteiger partial charge in [0.25, 0.3) is 0 Å². The minimum atomic E-state index is -0.468. The molecule has 0 fully saturated rings. The Labute approximate surface area is 109 Å². The van der Waals surface area contributed by atoms with Gasteiger partial charge in [0.2, 0.25) is 0 Å². The number of carbonyl (C=O) groups is 2. The van der Waals surface area contributed by atoms with E-state index >= 15 is 0 Å². The molecule has 2 aromatic rings. The van der Waals surface area contributed by atoms with E-state index in [1.807, 2.05) is 0 Å². The summed E-state index contributed by atoms with van der Waals surface area (Å²) in [6, 6.07) is 7.56. The average molecular weight is 260 g/mol. The second-order valence-corrected chi connectivity index (χ2v) is 3.98. The number of phenols is 1. The van der Waals surface area contributed by atoms with E-state index in [0.717, 1.165) is 0 Å². The zero-order chi connectivity index (χ0) is 14.0. The standard InChI is InChI=1S/C14H12O5/c1-8(15)18-13-5-6-14(19-9(2)16)12-7-10(17)3-4-11(12)13/h3-7,17H,1-2H3. The third-order valence-electron chi connectivity index (χ3n) is 2.43. The van der Waals surface area contributed by atoms with Gasteiger partial charge in [-0.2, -0.15) is 0 Å². The first-order chi connectivity index (χ1) is 8.97. The zero-order valence-electron chi connectivity index (χ0n) is 10.5. The number of carbonyl (C=O) groups excluding carboxylic acids is 2. The van der Waals surface area contributed by atoms with Crippen molar-refractivity contribution in [2.45, 2.75) is 13.8 Å². The summed E-state index contributed by atoms with van der Waals surface area (Å²) in [7, 11) is 0. The van der Waals surface area contributed by atoms with Crippen molar-refractivity contribution in [2.75, 3.05) is 0 Å². The van der Waals surface area contributed by atoms with Gasteiger partial charge in [-0.1, -0.05) is 0 Å². The highest BCUT2D eigenvalue weighted by Crippen LogP contribution is 2.35. The molecule has 0 amide bonds. The molecule has 0 atom stereocenters. The van der Waals surface area contributed by atoms with Gasteiger partial charge in [0.1, 0.15) is 17.2 Å². The van der Waals surface area contributed by atoms with Crippen LogP contribution in [0.2, 0.25) is 0 Å². The molecular weight excluding hydrogens is 248 g/mol. The summed E-state index contributed by atoms with van der Waals surface area (Å²) in [5.74, 6) is -0.243. The molecule has 5 heteroatoms. The van der Waals surface area contributed by atoms with Crippen molar-refractivity contribution in [2.24, 2.45) is 0 Å². The Morgan fingerprint density at radius 3 is 1.95 bits per heavy atom. The fraction of sp³-hybridized carbons (Fsp3) is 0.143. The maximum absolute atomic E-state index is 11.0. The Balaban J connectivity index is 2.64. The molecule has 0 saturated heterocycles. The van der Waals surface area contributed by atoms with Gasteiger partial charge in [0.05, 0.1) is 0 Å². The maximum Gasteiger partial charge on any atom is 0.308 e. The van der Waals surface area contributed by atoms with E-state index in [0.29, 0.717) is 22.3 Å². The molecule has 0 aliphatic heterocycles. The fourth-order valence-corrected chi connectivity index (χ4v) is 1.77.